The predicted molar refractivity (Wildman–Crippen MR) is 73.2 cm³/mol. The molecule has 0 radical (unpaired) electrons. The van der Waals surface area contributed by atoms with Gasteiger partial charge in [-0.15, -0.1) is 11.3 Å². The van der Waals surface area contributed by atoms with Gasteiger partial charge in [-0.1, -0.05) is 11.6 Å². The zero-order valence-electron chi connectivity index (χ0n) is 10.2. The average molecular weight is 286 g/mol. The van der Waals surface area contributed by atoms with Crippen molar-refractivity contribution in [3.8, 4) is 0 Å². The number of carbonyl (C=O) groups excluding carboxylic acids is 2. The van der Waals surface area contributed by atoms with Gasteiger partial charge in [0.05, 0.1) is 9.21 Å². The van der Waals surface area contributed by atoms with E-state index in [4.69, 9.17) is 11.6 Å². The zero-order valence-corrected chi connectivity index (χ0v) is 11.8. The third-order valence-corrected chi connectivity index (χ3v) is 4.42. The van der Waals surface area contributed by atoms with Crippen LogP contribution >= 0.6 is 22.9 Å². The SMILES string of the molecule is CC(NC(=O)CCC(=O)c1ccc(Cl)s1)C1CC1. The minimum atomic E-state index is -0.0367. The average Bonchev–Trinajstić information content (AvgIpc) is 3.09. The van der Waals surface area contributed by atoms with Crippen molar-refractivity contribution in [1.82, 2.24) is 5.32 Å². The lowest BCUT2D eigenvalue weighted by Gasteiger charge is -2.12. The molecule has 0 spiro atoms. The Bertz CT molecular complexity index is 454. The largest absolute Gasteiger partial charge is 0.353 e. The summed E-state index contributed by atoms with van der Waals surface area (Å²) in [7, 11) is 0. The van der Waals surface area contributed by atoms with Crippen LogP contribution in [0.5, 0.6) is 0 Å². The van der Waals surface area contributed by atoms with Gasteiger partial charge in [-0.05, 0) is 37.8 Å². The third-order valence-electron chi connectivity index (χ3n) is 3.14. The number of Topliss-reactive ketones (excluding diaryl/α,β-unsaturated/α-hetero) is 1. The fourth-order valence-corrected chi connectivity index (χ4v) is 2.87. The van der Waals surface area contributed by atoms with E-state index in [0.717, 1.165) is 0 Å². The highest BCUT2D eigenvalue weighted by Crippen LogP contribution is 2.32. The molecule has 2 rings (SSSR count). The van der Waals surface area contributed by atoms with Crippen molar-refractivity contribution < 1.29 is 9.59 Å². The van der Waals surface area contributed by atoms with Crippen molar-refractivity contribution in [2.24, 2.45) is 5.92 Å². The molecule has 3 nitrogen and oxygen atoms in total. The topological polar surface area (TPSA) is 46.2 Å². The fourth-order valence-electron chi connectivity index (χ4n) is 1.85. The van der Waals surface area contributed by atoms with Gasteiger partial charge in [0.2, 0.25) is 5.91 Å². The highest BCUT2D eigenvalue weighted by atomic mass is 35.5. The molecule has 1 heterocycles. The highest BCUT2D eigenvalue weighted by Gasteiger charge is 2.28. The lowest BCUT2D eigenvalue weighted by molar-refractivity contribution is -0.121. The summed E-state index contributed by atoms with van der Waals surface area (Å²) >= 11 is 7.03. The molecule has 1 amide bonds. The van der Waals surface area contributed by atoms with Gasteiger partial charge in [-0.3, -0.25) is 9.59 Å². The molecular weight excluding hydrogens is 270 g/mol. The van der Waals surface area contributed by atoms with Gasteiger partial charge >= 0.3 is 0 Å². The highest BCUT2D eigenvalue weighted by molar-refractivity contribution is 7.18. The summed E-state index contributed by atoms with van der Waals surface area (Å²) in [4.78, 5) is 24.0. The zero-order chi connectivity index (χ0) is 13.1. The molecule has 1 aromatic rings. The van der Waals surface area contributed by atoms with Crippen molar-refractivity contribution in [3.63, 3.8) is 0 Å². The lowest BCUT2D eigenvalue weighted by Crippen LogP contribution is -2.34. The van der Waals surface area contributed by atoms with E-state index in [1.807, 2.05) is 6.92 Å². The van der Waals surface area contributed by atoms with Crippen molar-refractivity contribution >= 4 is 34.6 Å². The number of rotatable bonds is 6. The summed E-state index contributed by atoms with van der Waals surface area (Å²) in [5.74, 6) is 0.590. The summed E-state index contributed by atoms with van der Waals surface area (Å²) in [6.07, 6.45) is 2.91. The van der Waals surface area contributed by atoms with Gasteiger partial charge in [0.1, 0.15) is 0 Å². The monoisotopic (exact) mass is 285 g/mol. The Morgan fingerprint density at radius 1 is 1.44 bits per heavy atom. The van der Waals surface area contributed by atoms with Gasteiger partial charge in [0, 0.05) is 18.9 Å². The molecule has 98 valence electrons. The van der Waals surface area contributed by atoms with Crippen LogP contribution in [0.15, 0.2) is 12.1 Å². The summed E-state index contributed by atoms with van der Waals surface area (Å²) in [5.41, 5.74) is 0. The Hall–Kier alpha value is -0.870. The van der Waals surface area contributed by atoms with Gasteiger partial charge in [-0.25, -0.2) is 0 Å². The maximum absolute atomic E-state index is 11.8. The maximum Gasteiger partial charge on any atom is 0.220 e. The molecule has 0 bridgehead atoms. The van der Waals surface area contributed by atoms with Crippen LogP contribution in [0.4, 0.5) is 0 Å². The van der Waals surface area contributed by atoms with Gasteiger partial charge in [0.15, 0.2) is 5.78 Å². The van der Waals surface area contributed by atoms with E-state index in [9.17, 15) is 9.59 Å². The summed E-state index contributed by atoms with van der Waals surface area (Å²) in [6.45, 7) is 2.02. The van der Waals surface area contributed by atoms with Crippen LogP contribution in [-0.4, -0.2) is 17.7 Å². The molecule has 1 saturated carbocycles. The molecule has 1 unspecified atom stereocenters. The molecule has 5 heteroatoms. The van der Waals surface area contributed by atoms with Crippen LogP contribution in [0, 0.1) is 5.92 Å². The number of ketones is 1. The number of hydrogen-bond acceptors (Lipinski definition) is 3. The van der Waals surface area contributed by atoms with E-state index in [1.165, 1.54) is 24.2 Å². The second kappa shape index (κ2) is 5.85. The van der Waals surface area contributed by atoms with Crippen LogP contribution in [0.2, 0.25) is 4.34 Å². The van der Waals surface area contributed by atoms with Crippen LogP contribution in [0.1, 0.15) is 42.3 Å². The Morgan fingerprint density at radius 2 is 2.17 bits per heavy atom. The van der Waals surface area contributed by atoms with E-state index in [1.54, 1.807) is 12.1 Å². The van der Waals surface area contributed by atoms with Crippen LogP contribution in [-0.2, 0) is 4.79 Å². The predicted octanol–water partition coefficient (Wildman–Crippen LogP) is 3.28. The van der Waals surface area contributed by atoms with Crippen molar-refractivity contribution in [1.29, 1.82) is 0 Å². The summed E-state index contributed by atoms with van der Waals surface area (Å²) in [6, 6.07) is 3.65. The molecule has 1 aromatic heterocycles. The summed E-state index contributed by atoms with van der Waals surface area (Å²) in [5, 5.41) is 2.94. The standard InChI is InChI=1S/C13H16ClNO2S/c1-8(9-2-3-9)15-13(17)7-4-10(16)11-5-6-12(14)18-11/h5-6,8-9H,2-4,7H2,1H3,(H,15,17). The molecule has 1 N–H and O–H groups in total. The number of amides is 1. The van der Waals surface area contributed by atoms with Crippen LogP contribution < -0.4 is 5.32 Å². The first-order chi connectivity index (χ1) is 8.56. The van der Waals surface area contributed by atoms with E-state index in [0.29, 0.717) is 15.1 Å². The van der Waals surface area contributed by atoms with E-state index in [2.05, 4.69) is 5.32 Å². The number of nitrogens with one attached hydrogen (secondary N) is 1. The van der Waals surface area contributed by atoms with Crippen molar-refractivity contribution in [2.45, 2.75) is 38.6 Å². The van der Waals surface area contributed by atoms with E-state index in [-0.39, 0.29) is 30.6 Å². The Labute approximate surface area is 116 Å². The molecule has 1 atom stereocenters. The first-order valence-electron chi connectivity index (χ1n) is 6.14. The normalized spacial score (nSPS) is 16.3. The molecule has 1 fully saturated rings. The van der Waals surface area contributed by atoms with Crippen molar-refractivity contribution in [2.75, 3.05) is 0 Å². The second-order valence-corrected chi connectivity index (χ2v) is 6.44. The first-order valence-corrected chi connectivity index (χ1v) is 7.33. The van der Waals surface area contributed by atoms with E-state index < -0.39 is 0 Å². The molecule has 18 heavy (non-hydrogen) atoms. The first kappa shape index (κ1) is 13.6. The van der Waals surface area contributed by atoms with Gasteiger partial charge in [-0.2, -0.15) is 0 Å². The number of thiophene rings is 1. The maximum atomic E-state index is 11.8. The molecule has 0 saturated heterocycles. The van der Waals surface area contributed by atoms with Crippen LogP contribution in [0.3, 0.4) is 0 Å². The Kier molecular flexibility index (Phi) is 4.40. The third kappa shape index (κ3) is 3.82. The Morgan fingerprint density at radius 3 is 2.72 bits per heavy atom. The molecule has 1 aliphatic rings. The van der Waals surface area contributed by atoms with Crippen molar-refractivity contribution in [3.05, 3.63) is 21.3 Å². The fraction of sp³-hybridized carbons (Fsp3) is 0.538. The molecule has 0 aromatic carbocycles. The molecule has 0 aliphatic heterocycles. The lowest BCUT2D eigenvalue weighted by atomic mass is 10.1. The number of halogens is 1. The summed E-state index contributed by atoms with van der Waals surface area (Å²) < 4.78 is 0.602. The molecular formula is C13H16ClNO2S. The molecule has 1 aliphatic carbocycles. The van der Waals surface area contributed by atoms with Crippen LogP contribution in [0.25, 0.3) is 0 Å². The van der Waals surface area contributed by atoms with Gasteiger partial charge < -0.3 is 5.32 Å². The minimum absolute atomic E-state index is 0.0128. The Balaban J connectivity index is 1.73. The minimum Gasteiger partial charge on any atom is -0.353 e. The van der Waals surface area contributed by atoms with E-state index >= 15 is 0 Å². The quantitative estimate of drug-likeness (QED) is 0.815. The number of carbonyl (C=O) groups is 2. The smallest absolute Gasteiger partial charge is 0.220 e. The second-order valence-electron chi connectivity index (χ2n) is 4.72. The number of hydrogen-bond donors (Lipinski definition) is 1. The van der Waals surface area contributed by atoms with Gasteiger partial charge in [0.25, 0.3) is 0 Å².